The molecule has 0 saturated heterocycles. The van der Waals surface area contributed by atoms with Gasteiger partial charge in [0.05, 0.1) is 0 Å². The molecule has 0 heterocycles. The van der Waals surface area contributed by atoms with E-state index in [0.29, 0.717) is 0 Å². The molecule has 0 fully saturated rings. The van der Waals surface area contributed by atoms with Crippen LogP contribution >= 0.6 is 0 Å². The molecule has 0 spiro atoms. The summed E-state index contributed by atoms with van der Waals surface area (Å²) < 4.78 is 54.5. The van der Waals surface area contributed by atoms with Crippen LogP contribution in [0.3, 0.4) is 0 Å². The fourth-order valence-electron chi connectivity index (χ4n) is 0. The summed E-state index contributed by atoms with van der Waals surface area (Å²) in [5, 5.41) is 0. The van der Waals surface area contributed by atoms with E-state index in [1.54, 1.807) is 0 Å². The molecule has 0 bridgehead atoms. The van der Waals surface area contributed by atoms with Crippen molar-refractivity contribution in [2.24, 2.45) is 0 Å². The molecule has 0 aromatic rings. The average Bonchev–Trinajstić information content (AvgIpc) is 1.25. The van der Waals surface area contributed by atoms with Gasteiger partial charge in [-0.1, -0.05) is 0 Å². The molecule has 0 atom stereocenters. The first kappa shape index (κ1) is 8.17. The summed E-state index contributed by atoms with van der Waals surface area (Å²) in [5.74, 6) is 0. The molecule has 0 nitrogen and oxygen atoms in total. The van der Waals surface area contributed by atoms with Gasteiger partial charge in [0.25, 0.3) is 0 Å². The first-order valence-electron chi connectivity index (χ1n) is 1.42. The van der Waals surface area contributed by atoms with E-state index in [0.717, 1.165) is 0 Å². The Morgan fingerprint density at radius 3 is 1.00 bits per heavy atom. The van der Waals surface area contributed by atoms with E-state index >= 15 is 0 Å². The maximum absolute atomic E-state index is 11.1. The second-order valence-electron chi connectivity index (χ2n) is 1.04. The molecule has 50 valence electrons. The van der Waals surface area contributed by atoms with E-state index in [1.165, 1.54) is 0 Å². The van der Waals surface area contributed by atoms with Crippen LogP contribution in [0.5, 0.6) is 0 Å². The van der Waals surface area contributed by atoms with Crippen molar-refractivity contribution >= 4 is 16.0 Å². The summed E-state index contributed by atoms with van der Waals surface area (Å²) >= 11 is 0.255. The Morgan fingerprint density at radius 2 is 1.00 bits per heavy atom. The molecule has 0 radical (unpaired) electrons. The van der Waals surface area contributed by atoms with Crippen LogP contribution < -0.4 is 0 Å². The van der Waals surface area contributed by atoms with Gasteiger partial charge in [0, 0.05) is 0 Å². The maximum atomic E-state index is 11.1. The summed E-state index contributed by atoms with van der Waals surface area (Å²) in [5.41, 5.74) is 0. The number of hydrogen-bond acceptors (Lipinski definition) is 0. The molecule has 0 aromatic carbocycles. The van der Waals surface area contributed by atoms with Gasteiger partial charge < -0.3 is 0 Å². The Labute approximate surface area is 49.9 Å². The molecule has 0 N–H and O–H groups in total. The van der Waals surface area contributed by atoms with E-state index < -0.39 is 11.0 Å². The van der Waals surface area contributed by atoms with Crippen molar-refractivity contribution in [3.05, 3.63) is 0 Å². The van der Waals surface area contributed by atoms with Gasteiger partial charge in [-0.25, -0.2) is 0 Å². The molecule has 0 aromatic heterocycles. The van der Waals surface area contributed by atoms with E-state index in [2.05, 4.69) is 0 Å². The molecule has 8 heavy (non-hydrogen) atoms. The molecule has 6 heteroatoms. The summed E-state index contributed by atoms with van der Waals surface area (Å²) in [7, 11) is 0. The fraction of sp³-hybridized carbons (Fsp3) is 1.00. The number of hydrogen-bond donors (Lipinski definition) is 0. The predicted octanol–water partition coefficient (Wildman–Crippen LogP) is 1.04. The zero-order valence-corrected chi connectivity index (χ0v) is 5.21. The van der Waals surface area contributed by atoms with Crippen LogP contribution in [0.4, 0.5) is 22.0 Å². The SMILES string of the molecule is FC(F)(F)C(F)(F)[SeH]. The van der Waals surface area contributed by atoms with Gasteiger partial charge in [-0.05, 0) is 0 Å². The zero-order chi connectivity index (χ0) is 7.00. The molecule has 0 amide bonds. The topological polar surface area (TPSA) is 0 Å². The molecular formula is C2HF5Se. The van der Waals surface area contributed by atoms with Crippen molar-refractivity contribution in [3.8, 4) is 0 Å². The summed E-state index contributed by atoms with van der Waals surface area (Å²) in [4.78, 5) is -4.62. The molecule has 0 unspecified atom stereocenters. The van der Waals surface area contributed by atoms with Gasteiger partial charge in [0.2, 0.25) is 0 Å². The normalized spacial score (nSPS) is 14.2. The van der Waals surface area contributed by atoms with Gasteiger partial charge in [-0.15, -0.1) is 0 Å². The number of halogens is 5. The van der Waals surface area contributed by atoms with Crippen LogP contribution in [-0.2, 0) is 0 Å². The van der Waals surface area contributed by atoms with Gasteiger partial charge in [-0.2, -0.15) is 0 Å². The standard InChI is InChI=1S/C2HF5Se/c3-1(4,5)2(6,7)8/h8H. The minimum absolute atomic E-state index is 0.255. The van der Waals surface area contributed by atoms with Crippen molar-refractivity contribution in [3.63, 3.8) is 0 Å². The van der Waals surface area contributed by atoms with Crippen molar-refractivity contribution in [2.75, 3.05) is 0 Å². The fourth-order valence-corrected chi connectivity index (χ4v) is 0. The zero-order valence-electron chi connectivity index (χ0n) is 3.34. The van der Waals surface area contributed by atoms with Crippen molar-refractivity contribution in [1.29, 1.82) is 0 Å². The first-order valence-corrected chi connectivity index (χ1v) is 2.36. The molecule has 0 rings (SSSR count). The quantitative estimate of drug-likeness (QED) is 0.404. The van der Waals surface area contributed by atoms with Gasteiger partial charge in [0.1, 0.15) is 0 Å². The molecule has 0 aliphatic carbocycles. The Hall–Kier alpha value is 0.169. The summed E-state index contributed by atoms with van der Waals surface area (Å²) in [6.07, 6.45) is -5.42. The minimum atomic E-state index is -5.42. The molecule has 0 aliphatic rings. The molecule has 0 saturated carbocycles. The van der Waals surface area contributed by atoms with Gasteiger partial charge in [0.15, 0.2) is 0 Å². The van der Waals surface area contributed by atoms with Crippen molar-refractivity contribution < 1.29 is 22.0 Å². The third kappa shape index (κ3) is 1.96. The van der Waals surface area contributed by atoms with Crippen LogP contribution in [0.1, 0.15) is 0 Å². The third-order valence-corrected chi connectivity index (χ3v) is 0.873. The summed E-state index contributed by atoms with van der Waals surface area (Å²) in [6.45, 7) is 0. The Morgan fingerprint density at radius 1 is 0.875 bits per heavy atom. The Bertz CT molecular complexity index is 65.4. The monoisotopic (exact) mass is 200 g/mol. The third-order valence-electron chi connectivity index (χ3n) is 0.341. The van der Waals surface area contributed by atoms with Crippen molar-refractivity contribution in [1.82, 2.24) is 0 Å². The second-order valence-corrected chi connectivity index (χ2v) is 2.22. The van der Waals surface area contributed by atoms with Crippen LogP contribution in [0.15, 0.2) is 0 Å². The van der Waals surface area contributed by atoms with Crippen LogP contribution in [0, 0.1) is 0 Å². The van der Waals surface area contributed by atoms with E-state index in [9.17, 15) is 22.0 Å². The van der Waals surface area contributed by atoms with Crippen LogP contribution in [0.2, 0.25) is 0 Å². The van der Waals surface area contributed by atoms with E-state index in [1.807, 2.05) is 0 Å². The average molecular weight is 199 g/mol. The van der Waals surface area contributed by atoms with Gasteiger partial charge >= 0.3 is 49.0 Å². The Kier molecular flexibility index (Phi) is 1.88. The van der Waals surface area contributed by atoms with Crippen LogP contribution in [0.25, 0.3) is 0 Å². The van der Waals surface area contributed by atoms with E-state index in [-0.39, 0.29) is 16.0 Å². The molecular weight excluding hydrogens is 198 g/mol. The molecule has 0 aliphatic heterocycles. The Balaban J connectivity index is 4.02. The predicted molar refractivity (Wildman–Crippen MR) is 18.2 cm³/mol. The van der Waals surface area contributed by atoms with Gasteiger partial charge in [-0.3, -0.25) is 0 Å². The number of alkyl halides is 5. The van der Waals surface area contributed by atoms with E-state index in [4.69, 9.17) is 0 Å². The van der Waals surface area contributed by atoms with Crippen molar-refractivity contribution in [2.45, 2.75) is 11.0 Å². The summed E-state index contributed by atoms with van der Waals surface area (Å²) in [6, 6.07) is 0. The van der Waals surface area contributed by atoms with Crippen LogP contribution in [-0.4, -0.2) is 27.0 Å². The first-order chi connectivity index (χ1) is 3.25. The second kappa shape index (κ2) is 1.84. The number of rotatable bonds is 0.